The minimum absolute atomic E-state index is 0.126. The molecule has 0 aliphatic carbocycles. The summed E-state index contributed by atoms with van der Waals surface area (Å²) in [5, 5.41) is 2.46. The number of hydrogen-bond donors (Lipinski definition) is 2. The van der Waals surface area contributed by atoms with Crippen LogP contribution in [0.15, 0.2) is 23.2 Å². The molecular formula is C12H15N3O3. The van der Waals surface area contributed by atoms with Gasteiger partial charge >= 0.3 is 0 Å². The molecule has 18 heavy (non-hydrogen) atoms. The number of nitrogens with one attached hydrogen (secondary N) is 1. The summed E-state index contributed by atoms with van der Waals surface area (Å²) >= 11 is 0. The van der Waals surface area contributed by atoms with Gasteiger partial charge in [-0.15, -0.1) is 0 Å². The summed E-state index contributed by atoms with van der Waals surface area (Å²) in [4.78, 5) is 15.7. The largest absolute Gasteiger partial charge is 0.497 e. The van der Waals surface area contributed by atoms with Crippen molar-refractivity contribution in [2.24, 2.45) is 10.7 Å². The van der Waals surface area contributed by atoms with Gasteiger partial charge in [-0.1, -0.05) is 0 Å². The molecule has 2 rings (SSSR count). The zero-order chi connectivity index (χ0) is 13.1. The van der Waals surface area contributed by atoms with E-state index >= 15 is 0 Å². The molecule has 1 aliphatic heterocycles. The Kier molecular flexibility index (Phi) is 3.36. The zero-order valence-corrected chi connectivity index (χ0v) is 10.3. The highest BCUT2D eigenvalue weighted by Gasteiger charge is 2.24. The Labute approximate surface area is 105 Å². The van der Waals surface area contributed by atoms with Crippen molar-refractivity contribution in [2.45, 2.75) is 12.5 Å². The topological polar surface area (TPSA) is 85.9 Å². The summed E-state index contributed by atoms with van der Waals surface area (Å²) in [7, 11) is 3.15. The van der Waals surface area contributed by atoms with Crippen molar-refractivity contribution in [3.63, 3.8) is 0 Å². The van der Waals surface area contributed by atoms with Crippen LogP contribution in [0.25, 0.3) is 0 Å². The van der Waals surface area contributed by atoms with Crippen molar-refractivity contribution >= 4 is 11.9 Å². The van der Waals surface area contributed by atoms with Gasteiger partial charge in [-0.2, -0.15) is 0 Å². The van der Waals surface area contributed by atoms with Crippen LogP contribution in [0.3, 0.4) is 0 Å². The van der Waals surface area contributed by atoms with Crippen LogP contribution in [0.4, 0.5) is 0 Å². The van der Waals surface area contributed by atoms with Crippen LogP contribution >= 0.6 is 0 Å². The first-order valence-electron chi connectivity index (χ1n) is 5.49. The lowest BCUT2D eigenvalue weighted by atomic mass is 10.0. The number of amides is 1. The van der Waals surface area contributed by atoms with Crippen molar-refractivity contribution in [3.8, 4) is 11.5 Å². The molecule has 0 fully saturated rings. The van der Waals surface area contributed by atoms with Crippen LogP contribution < -0.4 is 20.5 Å². The molecule has 0 spiro atoms. The number of nitrogens with zero attached hydrogens (tertiary/aromatic N) is 1. The maximum absolute atomic E-state index is 11.5. The molecular weight excluding hydrogens is 234 g/mol. The van der Waals surface area contributed by atoms with Gasteiger partial charge in [-0.3, -0.25) is 10.1 Å². The standard InChI is InChI=1S/C12H15N3O3/c1-17-7-3-4-10(18-2)8(5-7)9-6-11(16)15-12(13)14-9/h3-5,9H,6H2,1-2H3,(H3,13,14,15,16)/t9-/m0/s1. The molecule has 0 unspecified atom stereocenters. The van der Waals surface area contributed by atoms with Crippen LogP contribution in [0, 0.1) is 0 Å². The summed E-state index contributed by atoms with van der Waals surface area (Å²) in [5.41, 5.74) is 6.35. The molecule has 0 bridgehead atoms. The van der Waals surface area contributed by atoms with Crippen molar-refractivity contribution in [1.29, 1.82) is 0 Å². The second-order valence-electron chi connectivity index (χ2n) is 3.89. The van der Waals surface area contributed by atoms with Crippen LogP contribution in [-0.2, 0) is 4.79 Å². The number of nitrogens with two attached hydrogens (primary N) is 1. The molecule has 1 aromatic carbocycles. The first-order valence-corrected chi connectivity index (χ1v) is 5.49. The van der Waals surface area contributed by atoms with Crippen molar-refractivity contribution in [1.82, 2.24) is 5.32 Å². The fraction of sp³-hybridized carbons (Fsp3) is 0.333. The molecule has 0 radical (unpaired) electrons. The van der Waals surface area contributed by atoms with Crippen molar-refractivity contribution < 1.29 is 14.3 Å². The Balaban J connectivity index is 2.42. The third-order valence-corrected chi connectivity index (χ3v) is 2.74. The molecule has 96 valence electrons. The number of rotatable bonds is 3. The number of hydrogen-bond acceptors (Lipinski definition) is 5. The summed E-state index contributed by atoms with van der Waals surface area (Å²) in [6.07, 6.45) is 0.240. The molecule has 3 N–H and O–H groups in total. The smallest absolute Gasteiger partial charge is 0.229 e. The highest BCUT2D eigenvalue weighted by molar-refractivity contribution is 5.98. The maximum atomic E-state index is 11.5. The first kappa shape index (κ1) is 12.2. The van der Waals surface area contributed by atoms with Gasteiger partial charge in [0.05, 0.1) is 26.7 Å². The highest BCUT2D eigenvalue weighted by Crippen LogP contribution is 2.34. The third kappa shape index (κ3) is 2.37. The van der Waals surface area contributed by atoms with E-state index in [1.54, 1.807) is 32.4 Å². The predicted octanol–water partition coefficient (Wildman–Crippen LogP) is 0.579. The monoisotopic (exact) mass is 249 g/mol. The Bertz CT molecular complexity index is 499. The van der Waals surface area contributed by atoms with Gasteiger partial charge in [0.15, 0.2) is 5.96 Å². The van der Waals surface area contributed by atoms with E-state index in [9.17, 15) is 4.79 Å². The van der Waals surface area contributed by atoms with Gasteiger partial charge in [-0.05, 0) is 18.2 Å². The van der Waals surface area contributed by atoms with E-state index in [2.05, 4.69) is 10.3 Å². The van der Waals surface area contributed by atoms with E-state index in [0.29, 0.717) is 11.5 Å². The maximum Gasteiger partial charge on any atom is 0.229 e. The third-order valence-electron chi connectivity index (χ3n) is 2.74. The fourth-order valence-corrected chi connectivity index (χ4v) is 1.89. The van der Waals surface area contributed by atoms with E-state index in [-0.39, 0.29) is 24.3 Å². The van der Waals surface area contributed by atoms with Gasteiger partial charge in [0, 0.05) is 5.56 Å². The Morgan fingerprint density at radius 2 is 2.17 bits per heavy atom. The summed E-state index contributed by atoms with van der Waals surface area (Å²) < 4.78 is 10.4. The molecule has 1 amide bonds. The van der Waals surface area contributed by atoms with Crippen LogP contribution in [-0.4, -0.2) is 26.1 Å². The average Bonchev–Trinajstić information content (AvgIpc) is 2.36. The Morgan fingerprint density at radius 1 is 1.39 bits per heavy atom. The normalized spacial score (nSPS) is 18.9. The number of carbonyl (C=O) groups excluding carboxylic acids is 1. The van der Waals surface area contributed by atoms with Crippen molar-refractivity contribution in [3.05, 3.63) is 23.8 Å². The molecule has 1 aromatic rings. The van der Waals surface area contributed by atoms with Crippen LogP contribution in [0.1, 0.15) is 18.0 Å². The van der Waals surface area contributed by atoms with E-state index in [1.807, 2.05) is 0 Å². The molecule has 1 aliphatic rings. The van der Waals surface area contributed by atoms with Gasteiger partial charge in [0.25, 0.3) is 0 Å². The predicted molar refractivity (Wildman–Crippen MR) is 66.7 cm³/mol. The van der Waals surface area contributed by atoms with Gasteiger partial charge in [-0.25, -0.2) is 4.99 Å². The van der Waals surface area contributed by atoms with Gasteiger partial charge in [0.2, 0.25) is 5.91 Å². The zero-order valence-electron chi connectivity index (χ0n) is 10.3. The number of benzene rings is 1. The summed E-state index contributed by atoms with van der Waals surface area (Å²) in [5.74, 6) is 1.32. The highest BCUT2D eigenvalue weighted by atomic mass is 16.5. The number of carbonyl (C=O) groups is 1. The minimum atomic E-state index is -0.344. The van der Waals surface area contributed by atoms with Crippen LogP contribution in [0.2, 0.25) is 0 Å². The Hall–Kier alpha value is -2.24. The second-order valence-corrected chi connectivity index (χ2v) is 3.89. The van der Waals surface area contributed by atoms with Crippen molar-refractivity contribution in [2.75, 3.05) is 14.2 Å². The summed E-state index contributed by atoms with van der Waals surface area (Å²) in [6.45, 7) is 0. The minimum Gasteiger partial charge on any atom is -0.497 e. The molecule has 0 aromatic heterocycles. The lowest BCUT2D eigenvalue weighted by molar-refractivity contribution is -0.120. The quantitative estimate of drug-likeness (QED) is 0.820. The van der Waals surface area contributed by atoms with E-state index in [4.69, 9.17) is 15.2 Å². The molecule has 1 atom stereocenters. The van der Waals surface area contributed by atoms with E-state index in [1.165, 1.54) is 0 Å². The molecule has 0 saturated carbocycles. The molecule has 1 heterocycles. The van der Waals surface area contributed by atoms with Gasteiger partial charge < -0.3 is 15.2 Å². The second kappa shape index (κ2) is 4.95. The first-order chi connectivity index (χ1) is 8.63. The average molecular weight is 249 g/mol. The molecule has 6 heteroatoms. The van der Waals surface area contributed by atoms with E-state index < -0.39 is 0 Å². The van der Waals surface area contributed by atoms with Gasteiger partial charge in [0.1, 0.15) is 11.5 Å². The lowest BCUT2D eigenvalue weighted by Gasteiger charge is -2.21. The molecule has 6 nitrogen and oxygen atoms in total. The SMILES string of the molecule is COc1ccc(OC)c([C@@H]2CC(=O)NC(N)=N2)c1. The van der Waals surface area contributed by atoms with E-state index in [0.717, 1.165) is 5.56 Å². The fourth-order valence-electron chi connectivity index (χ4n) is 1.89. The number of methoxy groups -OCH3 is 2. The Morgan fingerprint density at radius 3 is 2.78 bits per heavy atom. The summed E-state index contributed by atoms with van der Waals surface area (Å²) in [6, 6.07) is 5.03. The van der Waals surface area contributed by atoms with Crippen LogP contribution in [0.5, 0.6) is 11.5 Å². The lowest BCUT2D eigenvalue weighted by Crippen LogP contribution is -2.41. The number of guanidine groups is 1. The number of ether oxygens (including phenoxy) is 2. The number of aliphatic imine (C=N–C) groups is 1. The molecule has 0 saturated heterocycles.